The van der Waals surface area contributed by atoms with Crippen LogP contribution in [-0.2, 0) is 21.9 Å². The van der Waals surface area contributed by atoms with E-state index in [1.165, 1.54) is 26.4 Å². The number of ether oxygens (including phenoxy) is 2. The summed E-state index contributed by atoms with van der Waals surface area (Å²) >= 11 is 0. The molecule has 0 unspecified atom stereocenters. The van der Waals surface area contributed by atoms with Crippen molar-refractivity contribution in [2.75, 3.05) is 24.3 Å². The normalized spacial score (nSPS) is 12.6. The Bertz CT molecular complexity index is 1560. The van der Waals surface area contributed by atoms with Crippen molar-refractivity contribution in [2.24, 2.45) is 18.7 Å². The third-order valence-corrected chi connectivity index (χ3v) is 7.42. The van der Waals surface area contributed by atoms with E-state index in [1.807, 2.05) is 37.6 Å². The number of amides is 1. The van der Waals surface area contributed by atoms with Crippen molar-refractivity contribution in [1.82, 2.24) is 9.55 Å². The van der Waals surface area contributed by atoms with Gasteiger partial charge in [0.25, 0.3) is 10.0 Å². The second-order valence-electron chi connectivity index (χ2n) is 8.74. The van der Waals surface area contributed by atoms with Crippen molar-refractivity contribution in [3.8, 4) is 11.8 Å². The van der Waals surface area contributed by atoms with Gasteiger partial charge in [-0.15, -0.1) is 0 Å². The third-order valence-electron chi connectivity index (χ3n) is 6.06. The van der Waals surface area contributed by atoms with Crippen LogP contribution in [0.15, 0.2) is 53.4 Å². The molecule has 10 nitrogen and oxygen atoms in total. The van der Waals surface area contributed by atoms with Crippen molar-refractivity contribution in [2.45, 2.75) is 24.8 Å². The van der Waals surface area contributed by atoms with Gasteiger partial charge in [0, 0.05) is 35.1 Å². The highest BCUT2D eigenvalue weighted by molar-refractivity contribution is 7.92. The van der Waals surface area contributed by atoms with Crippen molar-refractivity contribution in [3.63, 3.8) is 0 Å². The molecular weight excluding hydrogens is 482 g/mol. The van der Waals surface area contributed by atoms with Crippen LogP contribution in [0.1, 0.15) is 13.8 Å². The first-order chi connectivity index (χ1) is 17.1. The molecule has 36 heavy (non-hydrogen) atoms. The molecule has 0 radical (unpaired) electrons. The maximum Gasteiger partial charge on any atom is 0.262 e. The van der Waals surface area contributed by atoms with Crippen molar-refractivity contribution in [3.05, 3.63) is 48.5 Å². The van der Waals surface area contributed by atoms with Gasteiger partial charge in [-0.1, -0.05) is 19.9 Å². The van der Waals surface area contributed by atoms with Crippen LogP contribution in [0.2, 0.25) is 0 Å². The molecule has 0 bridgehead atoms. The summed E-state index contributed by atoms with van der Waals surface area (Å²) in [6.07, 6.45) is 0. The molecule has 2 aromatic carbocycles. The van der Waals surface area contributed by atoms with E-state index < -0.39 is 16.1 Å². The fraction of sp³-hybridized carbons (Fsp3) is 0.280. The zero-order valence-electron chi connectivity index (χ0n) is 20.7. The number of carbonyl (C=O) groups excluding carboxylic acids is 1. The molecule has 4 N–H and O–H groups in total. The Balaban J connectivity index is 1.71. The Labute approximate surface area is 209 Å². The van der Waals surface area contributed by atoms with Gasteiger partial charge in [-0.3, -0.25) is 9.52 Å². The van der Waals surface area contributed by atoms with E-state index in [2.05, 4.69) is 15.0 Å². The lowest BCUT2D eigenvalue weighted by atomic mass is 10.0. The number of nitrogens with zero attached hydrogens (tertiary/aromatic N) is 2. The molecule has 2 aromatic heterocycles. The van der Waals surface area contributed by atoms with Crippen molar-refractivity contribution in [1.29, 1.82) is 0 Å². The molecule has 0 saturated heterocycles. The van der Waals surface area contributed by atoms with Crippen LogP contribution in [0.25, 0.3) is 21.8 Å². The van der Waals surface area contributed by atoms with Gasteiger partial charge in [0.2, 0.25) is 17.7 Å². The molecule has 0 saturated carbocycles. The molecule has 0 fully saturated rings. The lowest BCUT2D eigenvalue weighted by Crippen LogP contribution is -2.39. The average Bonchev–Trinajstić information content (AvgIpc) is 3.14. The number of hydrogen-bond donors (Lipinski definition) is 3. The van der Waals surface area contributed by atoms with Gasteiger partial charge in [0.15, 0.2) is 0 Å². The zero-order chi connectivity index (χ0) is 26.2. The maximum absolute atomic E-state index is 13.2. The first kappa shape index (κ1) is 25.3. The summed E-state index contributed by atoms with van der Waals surface area (Å²) in [6.45, 7) is 3.78. The van der Waals surface area contributed by atoms with Crippen LogP contribution in [0, 0.1) is 5.92 Å². The van der Waals surface area contributed by atoms with Crippen LogP contribution in [-0.4, -0.2) is 44.1 Å². The molecule has 2 heterocycles. The Hall–Kier alpha value is -3.83. The molecule has 0 aliphatic heterocycles. The second-order valence-corrected chi connectivity index (χ2v) is 10.4. The number of benzene rings is 2. The number of anilines is 2. The van der Waals surface area contributed by atoms with Crippen LogP contribution in [0.3, 0.4) is 0 Å². The van der Waals surface area contributed by atoms with E-state index in [0.717, 1.165) is 21.8 Å². The third kappa shape index (κ3) is 4.67. The lowest BCUT2D eigenvalue weighted by Gasteiger charge is -2.15. The number of fused-ring (bicyclic) bond motifs is 3. The number of hydrogen-bond acceptors (Lipinski definition) is 7. The molecule has 0 aliphatic carbocycles. The molecule has 190 valence electrons. The van der Waals surface area contributed by atoms with Crippen molar-refractivity contribution < 1.29 is 22.7 Å². The largest absolute Gasteiger partial charge is 0.481 e. The molecule has 4 aromatic rings. The van der Waals surface area contributed by atoms with Gasteiger partial charge >= 0.3 is 0 Å². The minimum atomic E-state index is -3.95. The number of aryl methyl sites for hydroxylation is 1. The first-order valence-electron chi connectivity index (χ1n) is 11.3. The highest BCUT2D eigenvalue weighted by Crippen LogP contribution is 2.33. The van der Waals surface area contributed by atoms with E-state index in [1.54, 1.807) is 24.3 Å². The summed E-state index contributed by atoms with van der Waals surface area (Å²) < 4.78 is 41.2. The molecule has 0 spiro atoms. The Morgan fingerprint density at radius 1 is 1.00 bits per heavy atom. The van der Waals surface area contributed by atoms with Crippen molar-refractivity contribution >= 4 is 49.1 Å². The molecule has 0 aliphatic rings. The number of nitrogens with one attached hydrogen (secondary N) is 2. The number of methoxy groups -OCH3 is 2. The van der Waals surface area contributed by atoms with E-state index in [-0.39, 0.29) is 28.3 Å². The summed E-state index contributed by atoms with van der Waals surface area (Å²) in [6, 6.07) is 12.8. The van der Waals surface area contributed by atoms with Gasteiger partial charge < -0.3 is 25.1 Å². The summed E-state index contributed by atoms with van der Waals surface area (Å²) in [5.41, 5.74) is 8.44. The van der Waals surface area contributed by atoms with Crippen LogP contribution >= 0.6 is 0 Å². The van der Waals surface area contributed by atoms with Gasteiger partial charge in [-0.25, -0.2) is 8.42 Å². The van der Waals surface area contributed by atoms with E-state index in [0.29, 0.717) is 11.6 Å². The van der Waals surface area contributed by atoms with Crippen LogP contribution < -0.4 is 25.2 Å². The van der Waals surface area contributed by atoms with E-state index >= 15 is 0 Å². The average molecular weight is 512 g/mol. The Kier molecular flexibility index (Phi) is 6.79. The second kappa shape index (κ2) is 9.67. The van der Waals surface area contributed by atoms with Crippen LogP contribution in [0.5, 0.6) is 11.8 Å². The summed E-state index contributed by atoms with van der Waals surface area (Å²) in [5.74, 6) is 0.143. The quantitative estimate of drug-likeness (QED) is 0.329. The molecule has 4 rings (SSSR count). The molecular formula is C25H29N5O5S. The molecule has 1 amide bonds. The fourth-order valence-corrected chi connectivity index (χ4v) is 5.02. The molecule has 11 heteroatoms. The number of rotatable bonds is 8. The lowest BCUT2D eigenvalue weighted by molar-refractivity contribution is -0.118. The highest BCUT2D eigenvalue weighted by atomic mass is 32.2. The SMILES string of the molecule is COc1ccc(NS(=O)(=O)c2ccc3c(c2)c2ccc(NC(=O)[C@@H](N)C(C)C)cc2n3C)c(OC)n1. The predicted octanol–water partition coefficient (Wildman–Crippen LogP) is 3.47. The standard InChI is InChI=1S/C25H29N5O5S/c1-14(2)23(26)24(31)27-15-6-8-17-18-13-16(7-10-20(18)30(3)21(17)12-15)36(32,33)29-19-9-11-22(34-4)28-25(19)35-5/h6-14,23,29H,26H2,1-5H3,(H,27,31)/t23-/m0/s1. The molecule has 1 atom stereocenters. The number of nitrogens with two attached hydrogens (primary N) is 1. The van der Waals surface area contributed by atoms with Gasteiger partial charge in [-0.2, -0.15) is 4.98 Å². The fourth-order valence-electron chi connectivity index (χ4n) is 3.94. The minimum absolute atomic E-state index is 0.00833. The highest BCUT2D eigenvalue weighted by Gasteiger charge is 2.21. The topological polar surface area (TPSA) is 138 Å². The monoisotopic (exact) mass is 511 g/mol. The summed E-state index contributed by atoms with van der Waals surface area (Å²) in [4.78, 5) is 16.6. The predicted molar refractivity (Wildman–Crippen MR) is 140 cm³/mol. The maximum atomic E-state index is 13.2. The summed E-state index contributed by atoms with van der Waals surface area (Å²) in [7, 11) is 0.795. The van der Waals surface area contributed by atoms with Gasteiger partial charge in [0.05, 0.1) is 30.7 Å². The van der Waals surface area contributed by atoms with Crippen LogP contribution in [0.4, 0.5) is 11.4 Å². The first-order valence-corrected chi connectivity index (χ1v) is 12.7. The number of carbonyl (C=O) groups is 1. The summed E-state index contributed by atoms with van der Waals surface area (Å²) in [5, 5.41) is 4.46. The zero-order valence-corrected chi connectivity index (χ0v) is 21.5. The Morgan fingerprint density at radius 3 is 2.42 bits per heavy atom. The number of sulfonamides is 1. The number of aromatic nitrogens is 2. The van der Waals surface area contributed by atoms with Gasteiger partial charge in [0.1, 0.15) is 5.69 Å². The Morgan fingerprint density at radius 2 is 1.75 bits per heavy atom. The minimum Gasteiger partial charge on any atom is -0.481 e. The van der Waals surface area contributed by atoms with Gasteiger partial charge in [-0.05, 0) is 42.3 Å². The van der Waals surface area contributed by atoms with E-state index in [9.17, 15) is 13.2 Å². The van der Waals surface area contributed by atoms with E-state index in [4.69, 9.17) is 15.2 Å². The smallest absolute Gasteiger partial charge is 0.262 e. The number of pyridine rings is 1.